The molecule has 1 aliphatic carbocycles. The van der Waals surface area contributed by atoms with E-state index in [1.165, 1.54) is 28.0 Å². The van der Waals surface area contributed by atoms with E-state index in [-0.39, 0.29) is 11.7 Å². The summed E-state index contributed by atoms with van der Waals surface area (Å²) in [6.07, 6.45) is 2.97. The van der Waals surface area contributed by atoms with E-state index < -0.39 is 0 Å². The molecule has 1 amide bonds. The lowest BCUT2D eigenvalue weighted by atomic mass is 9.89. The maximum absolute atomic E-state index is 12.6. The van der Waals surface area contributed by atoms with E-state index in [0.29, 0.717) is 32.5 Å². The van der Waals surface area contributed by atoms with Gasteiger partial charge in [0.05, 0.1) is 16.3 Å². The van der Waals surface area contributed by atoms with Crippen molar-refractivity contribution in [3.05, 3.63) is 45.3 Å². The molecule has 4 rings (SSSR count). The van der Waals surface area contributed by atoms with Crippen LogP contribution in [0.1, 0.15) is 29.3 Å². The van der Waals surface area contributed by atoms with Gasteiger partial charge in [0, 0.05) is 17.5 Å². The highest BCUT2D eigenvalue weighted by atomic mass is 35.5. The number of hydrogen-bond donors (Lipinski definition) is 1. The zero-order valence-electron chi connectivity index (χ0n) is 16.6. The Morgan fingerprint density at radius 1 is 1.43 bits per heavy atom. The summed E-state index contributed by atoms with van der Waals surface area (Å²) >= 11 is 9.10. The number of aromatic nitrogens is 3. The zero-order chi connectivity index (χ0) is 21.3. The first-order valence-corrected chi connectivity index (χ1v) is 11.8. The van der Waals surface area contributed by atoms with Gasteiger partial charge in [-0.15, -0.1) is 21.5 Å². The van der Waals surface area contributed by atoms with Crippen molar-refractivity contribution in [2.45, 2.75) is 31.3 Å². The predicted octanol–water partition coefficient (Wildman–Crippen LogP) is 4.92. The number of nitrogens with zero attached hydrogens (tertiary/aromatic N) is 4. The molecule has 1 aromatic carbocycles. The molecular weight excluding hydrogens is 438 g/mol. The fourth-order valence-electron chi connectivity index (χ4n) is 3.57. The van der Waals surface area contributed by atoms with Crippen LogP contribution in [0.15, 0.2) is 29.4 Å². The number of hydrogen-bond acceptors (Lipinski definition) is 6. The number of rotatable bonds is 5. The van der Waals surface area contributed by atoms with Gasteiger partial charge in [0.1, 0.15) is 11.1 Å². The molecule has 9 heteroatoms. The van der Waals surface area contributed by atoms with E-state index in [9.17, 15) is 10.1 Å². The van der Waals surface area contributed by atoms with Gasteiger partial charge < -0.3 is 9.88 Å². The van der Waals surface area contributed by atoms with Crippen LogP contribution in [0.4, 0.5) is 5.00 Å². The second-order valence-electron chi connectivity index (χ2n) is 7.35. The van der Waals surface area contributed by atoms with Crippen LogP contribution >= 0.6 is 34.7 Å². The minimum absolute atomic E-state index is 0.162. The van der Waals surface area contributed by atoms with Crippen molar-refractivity contribution in [2.24, 2.45) is 13.0 Å². The number of thioether (sulfide) groups is 1. The summed E-state index contributed by atoms with van der Waals surface area (Å²) in [6.45, 7) is 2.22. The van der Waals surface area contributed by atoms with Crippen molar-refractivity contribution in [1.29, 1.82) is 5.26 Å². The topological polar surface area (TPSA) is 83.6 Å². The Kier molecular flexibility index (Phi) is 6.14. The molecule has 1 N–H and O–H groups in total. The molecule has 0 spiro atoms. The molecular formula is C21H20ClN5OS2. The minimum atomic E-state index is -0.162. The molecule has 0 aliphatic heterocycles. The SMILES string of the molecule is CC1CCc2c(sc(NC(=O)CSc3nnc(-c4ccccc4Cl)n3C)c2C#N)C1. The second kappa shape index (κ2) is 8.80. The lowest BCUT2D eigenvalue weighted by Gasteiger charge is -2.17. The van der Waals surface area contributed by atoms with Crippen LogP contribution in [0.25, 0.3) is 11.4 Å². The molecule has 0 bridgehead atoms. The molecule has 3 aromatic rings. The van der Waals surface area contributed by atoms with Crippen LogP contribution < -0.4 is 5.32 Å². The lowest BCUT2D eigenvalue weighted by Crippen LogP contribution is -2.14. The van der Waals surface area contributed by atoms with Gasteiger partial charge in [0.15, 0.2) is 11.0 Å². The van der Waals surface area contributed by atoms with E-state index in [1.807, 2.05) is 29.8 Å². The molecule has 1 aliphatic rings. The van der Waals surface area contributed by atoms with Gasteiger partial charge in [-0.05, 0) is 42.9 Å². The first-order chi connectivity index (χ1) is 14.5. The van der Waals surface area contributed by atoms with Gasteiger partial charge in [-0.3, -0.25) is 4.79 Å². The van der Waals surface area contributed by atoms with Crippen molar-refractivity contribution in [3.8, 4) is 17.5 Å². The maximum atomic E-state index is 12.6. The zero-order valence-corrected chi connectivity index (χ0v) is 19.0. The molecule has 0 radical (unpaired) electrons. The number of nitrogens with one attached hydrogen (secondary N) is 1. The number of anilines is 1. The molecule has 0 saturated carbocycles. The largest absolute Gasteiger partial charge is 0.316 e. The summed E-state index contributed by atoms with van der Waals surface area (Å²) in [5.41, 5.74) is 2.53. The summed E-state index contributed by atoms with van der Waals surface area (Å²) in [5, 5.41) is 22.8. The Labute approximate surface area is 188 Å². The van der Waals surface area contributed by atoms with E-state index in [1.54, 1.807) is 6.07 Å². The highest BCUT2D eigenvalue weighted by Gasteiger charge is 2.25. The van der Waals surface area contributed by atoms with Crippen LogP contribution in [-0.4, -0.2) is 26.4 Å². The van der Waals surface area contributed by atoms with Crippen molar-refractivity contribution >= 4 is 45.6 Å². The molecule has 6 nitrogen and oxygen atoms in total. The highest BCUT2D eigenvalue weighted by Crippen LogP contribution is 2.39. The molecule has 2 heterocycles. The smallest absolute Gasteiger partial charge is 0.235 e. The number of benzene rings is 1. The van der Waals surface area contributed by atoms with E-state index in [0.717, 1.165) is 30.4 Å². The fraction of sp³-hybridized carbons (Fsp3) is 0.333. The molecule has 0 saturated heterocycles. The summed E-state index contributed by atoms with van der Waals surface area (Å²) < 4.78 is 1.82. The average molecular weight is 458 g/mol. The third kappa shape index (κ3) is 4.10. The van der Waals surface area contributed by atoms with Gasteiger partial charge in [-0.1, -0.05) is 42.4 Å². The number of nitriles is 1. The van der Waals surface area contributed by atoms with Crippen LogP contribution in [0, 0.1) is 17.2 Å². The van der Waals surface area contributed by atoms with Gasteiger partial charge >= 0.3 is 0 Å². The second-order valence-corrected chi connectivity index (χ2v) is 9.80. The molecule has 2 aromatic heterocycles. The van der Waals surface area contributed by atoms with Gasteiger partial charge in [-0.2, -0.15) is 5.26 Å². The summed E-state index contributed by atoms with van der Waals surface area (Å²) in [6, 6.07) is 9.73. The third-order valence-corrected chi connectivity index (χ3v) is 7.68. The minimum Gasteiger partial charge on any atom is -0.316 e. The van der Waals surface area contributed by atoms with Gasteiger partial charge in [0.25, 0.3) is 0 Å². The Morgan fingerprint density at radius 3 is 3.00 bits per heavy atom. The van der Waals surface area contributed by atoms with E-state index in [4.69, 9.17) is 11.6 Å². The maximum Gasteiger partial charge on any atom is 0.235 e. The summed E-state index contributed by atoms with van der Waals surface area (Å²) in [7, 11) is 1.85. The van der Waals surface area contributed by atoms with E-state index in [2.05, 4.69) is 28.5 Å². The number of fused-ring (bicyclic) bond motifs is 1. The Hall–Kier alpha value is -2.34. The van der Waals surface area contributed by atoms with Crippen LogP contribution in [0.2, 0.25) is 5.02 Å². The number of halogens is 1. The summed E-state index contributed by atoms with van der Waals surface area (Å²) in [5.74, 6) is 1.28. The normalized spacial score (nSPS) is 15.5. The van der Waals surface area contributed by atoms with Crippen molar-refractivity contribution in [1.82, 2.24) is 14.8 Å². The Morgan fingerprint density at radius 2 is 2.23 bits per heavy atom. The fourth-order valence-corrected chi connectivity index (χ4v) is 5.88. The quantitative estimate of drug-likeness (QED) is 0.549. The molecule has 30 heavy (non-hydrogen) atoms. The number of carbonyl (C=O) groups excluding carboxylic acids is 1. The van der Waals surface area contributed by atoms with E-state index >= 15 is 0 Å². The standard InChI is InChI=1S/C21H20ClN5OS2/c1-12-7-8-13-15(10-23)20(30-17(13)9-12)24-18(28)11-29-21-26-25-19(27(21)2)14-5-3-4-6-16(14)22/h3-6,12H,7-9,11H2,1-2H3,(H,24,28). The molecule has 154 valence electrons. The van der Waals surface area contributed by atoms with Gasteiger partial charge in [0.2, 0.25) is 5.91 Å². The first-order valence-electron chi connectivity index (χ1n) is 9.59. The number of carbonyl (C=O) groups is 1. The number of amides is 1. The van der Waals surface area contributed by atoms with Crippen molar-refractivity contribution < 1.29 is 4.79 Å². The first kappa shape index (κ1) is 20.9. The van der Waals surface area contributed by atoms with Crippen LogP contribution in [0.5, 0.6) is 0 Å². The highest BCUT2D eigenvalue weighted by molar-refractivity contribution is 7.99. The molecule has 1 unspecified atom stereocenters. The van der Waals surface area contributed by atoms with Crippen molar-refractivity contribution in [2.75, 3.05) is 11.1 Å². The molecule has 1 atom stereocenters. The predicted molar refractivity (Wildman–Crippen MR) is 121 cm³/mol. The third-order valence-electron chi connectivity index (χ3n) is 5.16. The van der Waals surface area contributed by atoms with Crippen LogP contribution in [-0.2, 0) is 24.7 Å². The number of thiophene rings is 1. The summed E-state index contributed by atoms with van der Waals surface area (Å²) in [4.78, 5) is 13.8. The average Bonchev–Trinajstić information content (AvgIpc) is 3.25. The lowest BCUT2D eigenvalue weighted by molar-refractivity contribution is -0.113. The molecule has 0 fully saturated rings. The Balaban J connectivity index is 1.44. The monoisotopic (exact) mass is 457 g/mol. The van der Waals surface area contributed by atoms with Crippen molar-refractivity contribution in [3.63, 3.8) is 0 Å². The van der Waals surface area contributed by atoms with Crippen LogP contribution in [0.3, 0.4) is 0 Å². The van der Waals surface area contributed by atoms with Gasteiger partial charge in [-0.25, -0.2) is 0 Å². The Bertz CT molecular complexity index is 1150.